The lowest BCUT2D eigenvalue weighted by molar-refractivity contribution is 0.0374. The maximum absolute atomic E-state index is 13.4. The lowest BCUT2D eigenvalue weighted by Crippen LogP contribution is -2.36. The summed E-state index contributed by atoms with van der Waals surface area (Å²) in [4.78, 5) is 2.29. The van der Waals surface area contributed by atoms with Crippen molar-refractivity contribution in [3.63, 3.8) is 0 Å². The number of morpholine rings is 1. The second-order valence-corrected chi connectivity index (χ2v) is 4.27. The molecule has 94 valence electrons. The SMILES string of the molecule is Fc1cccc(CCCN2CCOCC2)c1F. The van der Waals surface area contributed by atoms with Crippen molar-refractivity contribution in [1.29, 1.82) is 0 Å². The van der Waals surface area contributed by atoms with Crippen molar-refractivity contribution in [2.75, 3.05) is 32.8 Å². The maximum Gasteiger partial charge on any atom is 0.162 e. The van der Waals surface area contributed by atoms with Gasteiger partial charge in [0, 0.05) is 13.1 Å². The summed E-state index contributed by atoms with van der Waals surface area (Å²) in [5.74, 6) is -1.46. The summed E-state index contributed by atoms with van der Waals surface area (Å²) < 4.78 is 31.6. The zero-order valence-electron chi connectivity index (χ0n) is 9.79. The molecule has 1 fully saturated rings. The minimum Gasteiger partial charge on any atom is -0.379 e. The van der Waals surface area contributed by atoms with Crippen LogP contribution in [0.1, 0.15) is 12.0 Å². The molecule has 1 aliphatic heterocycles. The van der Waals surface area contributed by atoms with Crippen LogP contribution >= 0.6 is 0 Å². The predicted molar refractivity (Wildman–Crippen MR) is 61.9 cm³/mol. The Hall–Kier alpha value is -1.00. The predicted octanol–water partition coefficient (Wildman–Crippen LogP) is 2.23. The van der Waals surface area contributed by atoms with Crippen LogP contribution in [-0.2, 0) is 11.2 Å². The van der Waals surface area contributed by atoms with Gasteiger partial charge in [0.1, 0.15) is 0 Å². The third-order valence-electron chi connectivity index (χ3n) is 3.06. The summed E-state index contributed by atoms with van der Waals surface area (Å²) in [7, 11) is 0. The van der Waals surface area contributed by atoms with Gasteiger partial charge < -0.3 is 4.74 Å². The highest BCUT2D eigenvalue weighted by molar-refractivity contribution is 5.18. The van der Waals surface area contributed by atoms with E-state index in [1.165, 1.54) is 0 Å². The highest BCUT2D eigenvalue weighted by Gasteiger charge is 2.11. The van der Waals surface area contributed by atoms with E-state index in [2.05, 4.69) is 4.90 Å². The summed E-state index contributed by atoms with van der Waals surface area (Å²) in [6.45, 7) is 4.33. The van der Waals surface area contributed by atoms with Gasteiger partial charge in [0.25, 0.3) is 0 Å². The number of ether oxygens (including phenoxy) is 1. The Kier molecular flexibility index (Phi) is 4.45. The molecular formula is C13H17F2NO. The highest BCUT2D eigenvalue weighted by atomic mass is 19.2. The van der Waals surface area contributed by atoms with Crippen molar-refractivity contribution in [3.05, 3.63) is 35.4 Å². The Morgan fingerprint density at radius 1 is 1.18 bits per heavy atom. The van der Waals surface area contributed by atoms with Crippen molar-refractivity contribution in [1.82, 2.24) is 4.90 Å². The second kappa shape index (κ2) is 6.07. The third kappa shape index (κ3) is 3.48. The first-order valence-corrected chi connectivity index (χ1v) is 6.00. The number of halogens is 2. The van der Waals surface area contributed by atoms with Crippen LogP contribution in [0.2, 0.25) is 0 Å². The topological polar surface area (TPSA) is 12.5 Å². The minimum atomic E-state index is -0.756. The van der Waals surface area contributed by atoms with Crippen LogP contribution in [0.5, 0.6) is 0 Å². The average molecular weight is 241 g/mol. The molecule has 0 unspecified atom stereocenters. The van der Waals surface area contributed by atoms with E-state index in [9.17, 15) is 8.78 Å². The monoisotopic (exact) mass is 241 g/mol. The van der Waals surface area contributed by atoms with E-state index in [-0.39, 0.29) is 0 Å². The van der Waals surface area contributed by atoms with Crippen molar-refractivity contribution in [3.8, 4) is 0 Å². The van der Waals surface area contributed by atoms with Crippen LogP contribution in [0.25, 0.3) is 0 Å². The lowest BCUT2D eigenvalue weighted by Gasteiger charge is -2.26. The smallest absolute Gasteiger partial charge is 0.162 e. The highest BCUT2D eigenvalue weighted by Crippen LogP contribution is 2.13. The fraction of sp³-hybridized carbons (Fsp3) is 0.538. The van der Waals surface area contributed by atoms with Crippen molar-refractivity contribution >= 4 is 0 Å². The molecule has 0 aliphatic carbocycles. The standard InChI is InChI=1S/C13H17F2NO/c14-12-5-1-3-11(13(12)15)4-2-6-16-7-9-17-10-8-16/h1,3,5H,2,4,6-10H2. The molecule has 0 bridgehead atoms. The second-order valence-electron chi connectivity index (χ2n) is 4.27. The molecule has 1 aromatic rings. The van der Waals surface area contributed by atoms with E-state index in [1.54, 1.807) is 12.1 Å². The normalized spacial score (nSPS) is 17.3. The number of hydrogen-bond donors (Lipinski definition) is 0. The molecule has 2 rings (SSSR count). The quantitative estimate of drug-likeness (QED) is 0.801. The molecule has 1 aliphatic rings. The van der Waals surface area contributed by atoms with Gasteiger partial charge in [-0.1, -0.05) is 12.1 Å². The van der Waals surface area contributed by atoms with E-state index in [0.29, 0.717) is 12.0 Å². The molecule has 0 saturated carbocycles. The maximum atomic E-state index is 13.4. The molecule has 1 aromatic carbocycles. The third-order valence-corrected chi connectivity index (χ3v) is 3.06. The largest absolute Gasteiger partial charge is 0.379 e. The van der Waals surface area contributed by atoms with Gasteiger partial charge in [0.2, 0.25) is 0 Å². The Morgan fingerprint density at radius 2 is 1.94 bits per heavy atom. The first-order valence-electron chi connectivity index (χ1n) is 6.00. The van der Waals surface area contributed by atoms with E-state index in [4.69, 9.17) is 4.74 Å². The molecule has 0 amide bonds. The Bertz CT molecular complexity index is 364. The lowest BCUT2D eigenvalue weighted by atomic mass is 10.1. The molecule has 1 heterocycles. The van der Waals surface area contributed by atoms with E-state index in [0.717, 1.165) is 45.3 Å². The molecule has 0 N–H and O–H groups in total. The van der Waals surface area contributed by atoms with Gasteiger partial charge in [-0.3, -0.25) is 4.90 Å². The van der Waals surface area contributed by atoms with Crippen LogP contribution in [0.15, 0.2) is 18.2 Å². The first-order chi connectivity index (χ1) is 8.27. The van der Waals surface area contributed by atoms with E-state index >= 15 is 0 Å². The number of benzene rings is 1. The molecular weight excluding hydrogens is 224 g/mol. The van der Waals surface area contributed by atoms with Gasteiger partial charge in [0.05, 0.1) is 13.2 Å². The number of hydrogen-bond acceptors (Lipinski definition) is 2. The van der Waals surface area contributed by atoms with Crippen LogP contribution in [0, 0.1) is 11.6 Å². The van der Waals surface area contributed by atoms with Gasteiger partial charge in [-0.2, -0.15) is 0 Å². The molecule has 0 radical (unpaired) electrons. The average Bonchev–Trinajstić information content (AvgIpc) is 2.36. The number of nitrogens with zero attached hydrogens (tertiary/aromatic N) is 1. The van der Waals surface area contributed by atoms with Gasteiger partial charge >= 0.3 is 0 Å². The zero-order valence-corrected chi connectivity index (χ0v) is 9.79. The summed E-state index contributed by atoms with van der Waals surface area (Å²) in [6, 6.07) is 4.36. The fourth-order valence-corrected chi connectivity index (χ4v) is 2.06. The molecule has 0 aromatic heterocycles. The van der Waals surface area contributed by atoms with Gasteiger partial charge in [0.15, 0.2) is 11.6 Å². The molecule has 2 nitrogen and oxygen atoms in total. The summed E-state index contributed by atoms with van der Waals surface area (Å²) >= 11 is 0. The van der Waals surface area contributed by atoms with Crippen molar-refractivity contribution < 1.29 is 13.5 Å². The van der Waals surface area contributed by atoms with Gasteiger partial charge in [-0.15, -0.1) is 0 Å². The van der Waals surface area contributed by atoms with E-state index < -0.39 is 11.6 Å². The summed E-state index contributed by atoms with van der Waals surface area (Å²) in [5.41, 5.74) is 0.471. The van der Waals surface area contributed by atoms with Crippen LogP contribution in [0.3, 0.4) is 0 Å². The van der Waals surface area contributed by atoms with Gasteiger partial charge in [-0.25, -0.2) is 8.78 Å². The Labute approximate surface area is 100 Å². The fourth-order valence-electron chi connectivity index (χ4n) is 2.06. The summed E-state index contributed by atoms with van der Waals surface area (Å²) in [5, 5.41) is 0. The van der Waals surface area contributed by atoms with Crippen molar-refractivity contribution in [2.24, 2.45) is 0 Å². The minimum absolute atomic E-state index is 0.471. The molecule has 17 heavy (non-hydrogen) atoms. The Morgan fingerprint density at radius 3 is 2.71 bits per heavy atom. The zero-order chi connectivity index (χ0) is 12.1. The van der Waals surface area contributed by atoms with Crippen molar-refractivity contribution in [2.45, 2.75) is 12.8 Å². The van der Waals surface area contributed by atoms with Crippen LogP contribution in [0.4, 0.5) is 8.78 Å². The number of rotatable bonds is 4. The molecule has 0 spiro atoms. The van der Waals surface area contributed by atoms with Crippen LogP contribution < -0.4 is 0 Å². The van der Waals surface area contributed by atoms with Crippen LogP contribution in [-0.4, -0.2) is 37.7 Å². The Balaban J connectivity index is 1.79. The number of aryl methyl sites for hydroxylation is 1. The summed E-state index contributed by atoms with van der Waals surface area (Å²) in [6.07, 6.45) is 1.43. The molecule has 4 heteroatoms. The van der Waals surface area contributed by atoms with Gasteiger partial charge in [-0.05, 0) is 31.0 Å². The molecule has 1 saturated heterocycles. The van der Waals surface area contributed by atoms with E-state index in [1.807, 2.05) is 0 Å². The molecule has 0 atom stereocenters. The first kappa shape index (κ1) is 12.5.